The third kappa shape index (κ3) is 5.03. The summed E-state index contributed by atoms with van der Waals surface area (Å²) < 4.78 is 10.8. The Kier molecular flexibility index (Phi) is 6.05. The number of rotatable bonds is 8. The molecule has 0 aromatic heterocycles. The number of hydrogen-bond acceptors (Lipinski definition) is 6. The van der Waals surface area contributed by atoms with E-state index in [2.05, 4.69) is 5.32 Å². The second-order valence-corrected chi connectivity index (χ2v) is 4.90. The number of aldehydes is 1. The molecule has 1 N–H and O–H groups in total. The van der Waals surface area contributed by atoms with Crippen LogP contribution in [-0.2, 0) is 4.79 Å². The van der Waals surface area contributed by atoms with Gasteiger partial charge in [0.1, 0.15) is 6.29 Å². The fourth-order valence-corrected chi connectivity index (χ4v) is 1.99. The summed E-state index contributed by atoms with van der Waals surface area (Å²) in [5.74, 6) is 0.275. The van der Waals surface area contributed by atoms with Crippen LogP contribution in [0.15, 0.2) is 42.5 Å². The van der Waals surface area contributed by atoms with Gasteiger partial charge in [0.05, 0.1) is 11.5 Å². The lowest BCUT2D eigenvalue weighted by Crippen LogP contribution is -2.20. The lowest BCUT2D eigenvalue weighted by Gasteiger charge is -2.12. The molecule has 0 saturated carbocycles. The van der Waals surface area contributed by atoms with Gasteiger partial charge in [-0.1, -0.05) is 0 Å². The van der Waals surface area contributed by atoms with Crippen LogP contribution in [0.2, 0.25) is 0 Å². The number of benzene rings is 2. The quantitative estimate of drug-likeness (QED) is 0.448. The maximum absolute atomic E-state index is 11.9. The molecule has 2 aromatic rings. The average molecular weight is 344 g/mol. The van der Waals surface area contributed by atoms with Crippen molar-refractivity contribution in [1.29, 1.82) is 0 Å². The number of anilines is 1. The van der Waals surface area contributed by atoms with Crippen molar-refractivity contribution >= 4 is 23.6 Å². The number of carbonyl (C=O) groups excluding carboxylic acids is 2. The molecule has 0 fully saturated rings. The van der Waals surface area contributed by atoms with E-state index in [0.29, 0.717) is 35.6 Å². The van der Waals surface area contributed by atoms with Crippen LogP contribution >= 0.6 is 0 Å². The van der Waals surface area contributed by atoms with Gasteiger partial charge in [-0.15, -0.1) is 0 Å². The smallest absolute Gasteiger partial charge is 0.269 e. The number of amides is 1. The fraction of sp³-hybridized carbons (Fsp3) is 0.176. The molecule has 2 aromatic carbocycles. The number of nitrogens with zero attached hydrogens (tertiary/aromatic N) is 1. The van der Waals surface area contributed by atoms with Crippen molar-refractivity contribution in [1.82, 2.24) is 0 Å². The van der Waals surface area contributed by atoms with E-state index in [1.165, 1.54) is 30.3 Å². The van der Waals surface area contributed by atoms with Crippen LogP contribution < -0.4 is 14.8 Å². The number of ether oxygens (including phenoxy) is 2. The van der Waals surface area contributed by atoms with Crippen LogP contribution in [0, 0.1) is 10.1 Å². The Bertz CT molecular complexity index is 773. The minimum Gasteiger partial charge on any atom is -0.490 e. The largest absolute Gasteiger partial charge is 0.490 e. The van der Waals surface area contributed by atoms with Gasteiger partial charge in [-0.2, -0.15) is 0 Å². The standard InChI is InChI=1S/C17H16N2O6/c1-2-24-16-9-12(10-20)3-8-15(16)25-11-17(21)18-13-4-6-14(7-5-13)19(22)23/h3-10H,2,11H2,1H3,(H,18,21). The second-order valence-electron chi connectivity index (χ2n) is 4.90. The number of non-ortho nitro benzene ring substituents is 1. The molecule has 2 rings (SSSR count). The van der Waals surface area contributed by atoms with E-state index in [1.54, 1.807) is 19.1 Å². The highest BCUT2D eigenvalue weighted by Crippen LogP contribution is 2.28. The average Bonchev–Trinajstić information content (AvgIpc) is 2.61. The summed E-state index contributed by atoms with van der Waals surface area (Å²) in [6, 6.07) is 10.1. The molecule has 0 atom stereocenters. The summed E-state index contributed by atoms with van der Waals surface area (Å²) >= 11 is 0. The third-order valence-electron chi connectivity index (χ3n) is 3.12. The number of nitrogens with one attached hydrogen (secondary N) is 1. The Morgan fingerprint density at radius 2 is 1.88 bits per heavy atom. The van der Waals surface area contributed by atoms with E-state index >= 15 is 0 Å². The molecule has 0 spiro atoms. The van der Waals surface area contributed by atoms with Gasteiger partial charge in [0.15, 0.2) is 18.1 Å². The molecule has 0 bridgehead atoms. The fourth-order valence-electron chi connectivity index (χ4n) is 1.99. The molecule has 0 saturated heterocycles. The summed E-state index contributed by atoms with van der Waals surface area (Å²) in [5, 5.41) is 13.2. The Labute approximate surface area is 143 Å². The minimum atomic E-state index is -0.521. The van der Waals surface area contributed by atoms with Crippen molar-refractivity contribution in [2.24, 2.45) is 0 Å². The Hall–Kier alpha value is -3.42. The van der Waals surface area contributed by atoms with Gasteiger partial charge in [0.2, 0.25) is 0 Å². The summed E-state index contributed by atoms with van der Waals surface area (Å²) in [7, 11) is 0. The second kappa shape index (κ2) is 8.44. The molecule has 0 aliphatic carbocycles. The zero-order chi connectivity index (χ0) is 18.2. The van der Waals surface area contributed by atoms with Crippen LogP contribution in [0.5, 0.6) is 11.5 Å². The molecule has 25 heavy (non-hydrogen) atoms. The zero-order valence-corrected chi connectivity index (χ0v) is 13.4. The Morgan fingerprint density at radius 1 is 1.16 bits per heavy atom. The molecular weight excluding hydrogens is 328 g/mol. The highest BCUT2D eigenvalue weighted by Gasteiger charge is 2.10. The molecule has 1 amide bonds. The molecular formula is C17H16N2O6. The van der Waals surface area contributed by atoms with E-state index in [0.717, 1.165) is 0 Å². The molecule has 8 heteroatoms. The number of nitro benzene ring substituents is 1. The Morgan fingerprint density at radius 3 is 2.48 bits per heavy atom. The molecule has 0 heterocycles. The maximum atomic E-state index is 11.9. The molecule has 8 nitrogen and oxygen atoms in total. The van der Waals surface area contributed by atoms with Gasteiger partial charge in [0, 0.05) is 23.4 Å². The Balaban J connectivity index is 1.97. The monoisotopic (exact) mass is 344 g/mol. The normalized spacial score (nSPS) is 9.96. The predicted molar refractivity (Wildman–Crippen MR) is 90.2 cm³/mol. The topological polar surface area (TPSA) is 108 Å². The van der Waals surface area contributed by atoms with Gasteiger partial charge < -0.3 is 14.8 Å². The zero-order valence-electron chi connectivity index (χ0n) is 13.4. The van der Waals surface area contributed by atoms with Gasteiger partial charge in [-0.25, -0.2) is 0 Å². The summed E-state index contributed by atoms with van der Waals surface area (Å²) in [6.45, 7) is 1.89. The first-order valence-electron chi connectivity index (χ1n) is 7.42. The van der Waals surface area contributed by atoms with E-state index in [4.69, 9.17) is 9.47 Å². The number of nitro groups is 1. The lowest BCUT2D eigenvalue weighted by molar-refractivity contribution is -0.384. The molecule has 130 valence electrons. The highest BCUT2D eigenvalue weighted by molar-refractivity contribution is 5.92. The first kappa shape index (κ1) is 17.9. The SMILES string of the molecule is CCOc1cc(C=O)ccc1OCC(=O)Nc1ccc([N+](=O)[O-])cc1. The first-order chi connectivity index (χ1) is 12.0. The van der Waals surface area contributed by atoms with Crippen LogP contribution in [0.25, 0.3) is 0 Å². The van der Waals surface area contributed by atoms with Gasteiger partial charge >= 0.3 is 0 Å². The van der Waals surface area contributed by atoms with Crippen molar-refractivity contribution in [2.45, 2.75) is 6.92 Å². The first-order valence-corrected chi connectivity index (χ1v) is 7.42. The minimum absolute atomic E-state index is 0.0640. The van der Waals surface area contributed by atoms with Gasteiger partial charge in [0.25, 0.3) is 11.6 Å². The third-order valence-corrected chi connectivity index (χ3v) is 3.12. The van der Waals surface area contributed by atoms with Crippen LogP contribution in [-0.4, -0.2) is 30.3 Å². The van der Waals surface area contributed by atoms with Crippen molar-refractivity contribution in [3.8, 4) is 11.5 Å². The summed E-state index contributed by atoms with van der Waals surface area (Å²) in [6.07, 6.45) is 0.688. The van der Waals surface area contributed by atoms with Gasteiger partial charge in [-0.05, 0) is 37.3 Å². The predicted octanol–water partition coefficient (Wildman–Crippen LogP) is 2.82. The summed E-state index contributed by atoms with van der Waals surface area (Å²) in [4.78, 5) is 32.8. The molecule has 0 aliphatic rings. The van der Waals surface area contributed by atoms with Crippen molar-refractivity contribution in [3.63, 3.8) is 0 Å². The van der Waals surface area contributed by atoms with E-state index in [-0.39, 0.29) is 12.3 Å². The summed E-state index contributed by atoms with van der Waals surface area (Å²) in [5.41, 5.74) is 0.789. The lowest BCUT2D eigenvalue weighted by atomic mass is 10.2. The van der Waals surface area contributed by atoms with Crippen molar-refractivity contribution in [3.05, 3.63) is 58.1 Å². The number of hydrogen-bond donors (Lipinski definition) is 1. The molecule has 0 radical (unpaired) electrons. The maximum Gasteiger partial charge on any atom is 0.269 e. The number of carbonyl (C=O) groups is 2. The molecule has 0 unspecified atom stereocenters. The van der Waals surface area contributed by atoms with E-state index in [9.17, 15) is 19.7 Å². The van der Waals surface area contributed by atoms with Crippen LogP contribution in [0.4, 0.5) is 11.4 Å². The van der Waals surface area contributed by atoms with E-state index < -0.39 is 10.8 Å². The van der Waals surface area contributed by atoms with E-state index in [1.807, 2.05) is 0 Å². The van der Waals surface area contributed by atoms with Crippen LogP contribution in [0.3, 0.4) is 0 Å². The van der Waals surface area contributed by atoms with Crippen LogP contribution in [0.1, 0.15) is 17.3 Å². The van der Waals surface area contributed by atoms with Crippen molar-refractivity contribution in [2.75, 3.05) is 18.5 Å². The molecule has 0 aliphatic heterocycles. The van der Waals surface area contributed by atoms with Crippen molar-refractivity contribution < 1.29 is 24.0 Å². The highest BCUT2D eigenvalue weighted by atomic mass is 16.6. The van der Waals surface area contributed by atoms with Gasteiger partial charge in [-0.3, -0.25) is 19.7 Å².